The van der Waals surface area contributed by atoms with E-state index in [1.165, 1.54) is 0 Å². The van der Waals surface area contributed by atoms with Crippen LogP contribution in [0.5, 0.6) is 5.75 Å². The van der Waals surface area contributed by atoms with Gasteiger partial charge in [0.25, 0.3) is 0 Å². The van der Waals surface area contributed by atoms with Crippen LogP contribution in [0.15, 0.2) is 18.2 Å². The van der Waals surface area contributed by atoms with Crippen LogP contribution in [0.4, 0.5) is 0 Å². The van der Waals surface area contributed by atoms with Crippen LogP contribution in [0.1, 0.15) is 43.1 Å². The topological polar surface area (TPSA) is 52.3 Å². The number of rotatable bonds is 5. The third kappa shape index (κ3) is 2.86. The Hall–Kier alpha value is -1.35. The summed E-state index contributed by atoms with van der Waals surface area (Å²) in [6, 6.07) is 5.75. The average Bonchev–Trinajstić information content (AvgIpc) is 2.36. The first-order chi connectivity index (χ1) is 7.96. The molecule has 3 heteroatoms. The minimum absolute atomic E-state index is 0.00632. The summed E-state index contributed by atoms with van der Waals surface area (Å²) in [4.78, 5) is 11.8. The number of Topliss-reactive ketones (excluding diaryl/α,β-unsaturated/α-hetero) is 1. The van der Waals surface area contributed by atoms with Crippen molar-refractivity contribution in [2.45, 2.75) is 32.6 Å². The van der Waals surface area contributed by atoms with Crippen LogP contribution in [0.3, 0.4) is 0 Å². The molecule has 0 spiro atoms. The molecule has 0 saturated carbocycles. The molecule has 1 aromatic carbocycles. The molecule has 0 bridgehead atoms. The maximum absolute atomic E-state index is 11.8. The monoisotopic (exact) mass is 235 g/mol. The number of nitrogens with two attached hydrogens (primary N) is 1. The smallest absolute Gasteiger partial charge is 0.180 e. The maximum atomic E-state index is 11.8. The zero-order chi connectivity index (χ0) is 13.1. The van der Waals surface area contributed by atoms with Gasteiger partial charge in [0, 0.05) is 0 Å². The molecule has 2 N–H and O–H groups in total. The number of benzene rings is 1. The minimum atomic E-state index is -0.0874. The SMILES string of the molecule is CCC(C)(C)c1ccc(OC)c(C(=O)CN)c1. The Kier molecular flexibility index (Phi) is 4.29. The maximum Gasteiger partial charge on any atom is 0.180 e. The standard InChI is InChI=1S/C14H21NO2/c1-5-14(2,3)10-6-7-13(17-4)11(8-10)12(16)9-15/h6-8H,5,9,15H2,1-4H3. The molecule has 0 atom stereocenters. The third-order valence-electron chi connectivity index (χ3n) is 3.35. The van der Waals surface area contributed by atoms with Gasteiger partial charge in [-0.15, -0.1) is 0 Å². The van der Waals surface area contributed by atoms with Crippen LogP contribution < -0.4 is 10.5 Å². The second-order valence-electron chi connectivity index (χ2n) is 4.78. The Bertz CT molecular complexity index is 411. The van der Waals surface area contributed by atoms with Crippen LogP contribution in [0.25, 0.3) is 0 Å². The Balaban J connectivity index is 3.27. The number of hydrogen-bond acceptors (Lipinski definition) is 3. The van der Waals surface area contributed by atoms with Gasteiger partial charge in [-0.05, 0) is 29.5 Å². The van der Waals surface area contributed by atoms with Crippen molar-refractivity contribution in [3.8, 4) is 5.75 Å². The van der Waals surface area contributed by atoms with Crippen LogP contribution in [0, 0.1) is 0 Å². The largest absolute Gasteiger partial charge is 0.496 e. The number of carbonyl (C=O) groups is 1. The Morgan fingerprint density at radius 2 is 2.06 bits per heavy atom. The first-order valence-electron chi connectivity index (χ1n) is 5.88. The molecule has 0 aliphatic carbocycles. The van der Waals surface area contributed by atoms with E-state index >= 15 is 0 Å². The highest BCUT2D eigenvalue weighted by Gasteiger charge is 2.21. The third-order valence-corrected chi connectivity index (χ3v) is 3.35. The average molecular weight is 235 g/mol. The quantitative estimate of drug-likeness (QED) is 0.798. The molecular weight excluding hydrogens is 214 g/mol. The molecule has 17 heavy (non-hydrogen) atoms. The summed E-state index contributed by atoms with van der Waals surface area (Å²) in [7, 11) is 1.56. The fraction of sp³-hybridized carbons (Fsp3) is 0.500. The van der Waals surface area contributed by atoms with E-state index in [4.69, 9.17) is 10.5 Å². The van der Waals surface area contributed by atoms with Gasteiger partial charge in [0.1, 0.15) is 5.75 Å². The second-order valence-corrected chi connectivity index (χ2v) is 4.78. The van der Waals surface area contributed by atoms with Gasteiger partial charge in [-0.1, -0.05) is 26.8 Å². The molecule has 0 fully saturated rings. The Morgan fingerprint density at radius 3 is 2.53 bits per heavy atom. The van der Waals surface area contributed by atoms with Crippen molar-refractivity contribution < 1.29 is 9.53 Å². The molecule has 0 heterocycles. The minimum Gasteiger partial charge on any atom is -0.496 e. The van der Waals surface area contributed by atoms with E-state index in [2.05, 4.69) is 20.8 Å². The van der Waals surface area contributed by atoms with Gasteiger partial charge < -0.3 is 10.5 Å². The summed E-state index contributed by atoms with van der Waals surface area (Å²) in [6.07, 6.45) is 1.01. The molecule has 0 aromatic heterocycles. The first-order valence-corrected chi connectivity index (χ1v) is 5.88. The molecule has 0 aliphatic heterocycles. The summed E-state index contributed by atoms with van der Waals surface area (Å²) in [5.74, 6) is 0.506. The van der Waals surface area contributed by atoms with Crippen LogP contribution in [-0.2, 0) is 5.41 Å². The molecule has 0 aliphatic rings. The van der Waals surface area contributed by atoms with E-state index in [-0.39, 0.29) is 17.7 Å². The molecule has 94 valence electrons. The fourth-order valence-corrected chi connectivity index (χ4v) is 1.66. The van der Waals surface area contributed by atoms with Crippen molar-refractivity contribution in [3.05, 3.63) is 29.3 Å². The van der Waals surface area contributed by atoms with Crippen molar-refractivity contribution in [2.24, 2.45) is 5.73 Å². The molecule has 1 aromatic rings. The number of carbonyl (C=O) groups excluding carboxylic acids is 1. The second kappa shape index (κ2) is 5.32. The summed E-state index contributed by atoms with van der Waals surface area (Å²) >= 11 is 0. The van der Waals surface area contributed by atoms with Crippen LogP contribution >= 0.6 is 0 Å². The number of ketones is 1. The lowest BCUT2D eigenvalue weighted by atomic mass is 9.81. The lowest BCUT2D eigenvalue weighted by Crippen LogP contribution is -2.19. The zero-order valence-electron chi connectivity index (χ0n) is 11.0. The molecular formula is C14H21NO2. The van der Waals surface area contributed by atoms with E-state index in [1.54, 1.807) is 7.11 Å². The zero-order valence-corrected chi connectivity index (χ0v) is 11.0. The van der Waals surface area contributed by atoms with Gasteiger partial charge in [0.2, 0.25) is 0 Å². The number of ether oxygens (including phenoxy) is 1. The highest BCUT2D eigenvalue weighted by Crippen LogP contribution is 2.30. The number of methoxy groups -OCH3 is 1. The fourth-order valence-electron chi connectivity index (χ4n) is 1.66. The summed E-state index contributed by atoms with van der Waals surface area (Å²) in [6.45, 7) is 6.46. The highest BCUT2D eigenvalue weighted by atomic mass is 16.5. The van der Waals surface area contributed by atoms with E-state index < -0.39 is 0 Å². The van der Waals surface area contributed by atoms with Crippen molar-refractivity contribution in [1.82, 2.24) is 0 Å². The molecule has 1 rings (SSSR count). The first kappa shape index (κ1) is 13.7. The van der Waals surface area contributed by atoms with Gasteiger partial charge in [0.15, 0.2) is 5.78 Å². The predicted molar refractivity (Wildman–Crippen MR) is 69.7 cm³/mol. The molecule has 0 saturated heterocycles. The van der Waals surface area contributed by atoms with Gasteiger partial charge in [-0.3, -0.25) is 4.79 Å². The summed E-state index contributed by atoms with van der Waals surface area (Å²) in [5, 5.41) is 0. The lowest BCUT2D eigenvalue weighted by Gasteiger charge is -2.24. The Morgan fingerprint density at radius 1 is 1.41 bits per heavy atom. The van der Waals surface area contributed by atoms with Gasteiger partial charge in [-0.25, -0.2) is 0 Å². The van der Waals surface area contributed by atoms with Gasteiger partial charge in [-0.2, -0.15) is 0 Å². The van der Waals surface area contributed by atoms with Crippen molar-refractivity contribution in [1.29, 1.82) is 0 Å². The van der Waals surface area contributed by atoms with E-state index in [0.29, 0.717) is 11.3 Å². The number of hydrogen-bond donors (Lipinski definition) is 1. The lowest BCUT2D eigenvalue weighted by molar-refractivity contribution is 0.0998. The molecule has 0 radical (unpaired) electrons. The van der Waals surface area contributed by atoms with Gasteiger partial charge >= 0.3 is 0 Å². The van der Waals surface area contributed by atoms with E-state index in [0.717, 1.165) is 12.0 Å². The predicted octanol–water partition coefficient (Wildman–Crippen LogP) is 2.52. The van der Waals surface area contributed by atoms with E-state index in [9.17, 15) is 4.79 Å². The normalized spacial score (nSPS) is 11.4. The van der Waals surface area contributed by atoms with Gasteiger partial charge in [0.05, 0.1) is 19.2 Å². The van der Waals surface area contributed by atoms with Crippen LogP contribution in [-0.4, -0.2) is 19.4 Å². The summed E-state index contributed by atoms with van der Waals surface area (Å²) in [5.41, 5.74) is 7.18. The van der Waals surface area contributed by atoms with Crippen molar-refractivity contribution in [2.75, 3.05) is 13.7 Å². The summed E-state index contributed by atoms with van der Waals surface area (Å²) < 4.78 is 5.19. The van der Waals surface area contributed by atoms with Crippen LogP contribution in [0.2, 0.25) is 0 Å². The van der Waals surface area contributed by atoms with E-state index in [1.807, 2.05) is 18.2 Å². The Labute approximate surface area is 103 Å². The molecule has 0 unspecified atom stereocenters. The molecule has 3 nitrogen and oxygen atoms in total. The highest BCUT2D eigenvalue weighted by molar-refractivity contribution is 6.00. The van der Waals surface area contributed by atoms with Crippen molar-refractivity contribution in [3.63, 3.8) is 0 Å². The molecule has 0 amide bonds. The van der Waals surface area contributed by atoms with Crippen molar-refractivity contribution >= 4 is 5.78 Å².